The van der Waals surface area contributed by atoms with Crippen molar-refractivity contribution in [3.8, 4) is 5.75 Å². The summed E-state index contributed by atoms with van der Waals surface area (Å²) in [6, 6.07) is 15.2. The molecule has 0 radical (unpaired) electrons. The normalized spacial score (nSPS) is 12.5. The first-order valence-electron chi connectivity index (χ1n) is 8.67. The van der Waals surface area contributed by atoms with Crippen molar-refractivity contribution in [1.29, 1.82) is 0 Å². The zero-order chi connectivity index (χ0) is 19.3. The highest BCUT2D eigenvalue weighted by molar-refractivity contribution is 5.65. The van der Waals surface area contributed by atoms with Crippen molar-refractivity contribution in [2.24, 2.45) is 5.41 Å². The first-order valence-corrected chi connectivity index (χ1v) is 8.67. The molecule has 2 aromatic rings. The van der Waals surface area contributed by atoms with Gasteiger partial charge in [-0.1, -0.05) is 45.0 Å². The van der Waals surface area contributed by atoms with Crippen LogP contribution in [-0.2, 0) is 6.54 Å². The van der Waals surface area contributed by atoms with E-state index in [0.717, 1.165) is 16.9 Å². The summed E-state index contributed by atoms with van der Waals surface area (Å²) in [6.07, 6.45) is -0.940. The largest absolute Gasteiger partial charge is 0.497 e. The van der Waals surface area contributed by atoms with Gasteiger partial charge in [0.2, 0.25) is 0 Å². The monoisotopic (exact) mass is 356 g/mol. The van der Waals surface area contributed by atoms with E-state index in [4.69, 9.17) is 10.5 Å². The van der Waals surface area contributed by atoms with Crippen LogP contribution >= 0.6 is 0 Å². The first kappa shape index (κ1) is 19.6. The van der Waals surface area contributed by atoms with Gasteiger partial charge in [-0.05, 0) is 40.8 Å². The molecule has 140 valence electrons. The predicted molar refractivity (Wildman–Crippen MR) is 104 cm³/mol. The average Bonchev–Trinajstić information content (AvgIpc) is 2.57. The minimum Gasteiger partial charge on any atom is -0.497 e. The van der Waals surface area contributed by atoms with Crippen LogP contribution in [0.3, 0.4) is 0 Å². The summed E-state index contributed by atoms with van der Waals surface area (Å²) in [5, 5.41) is 9.74. The number of nitrogen functional groups attached to an aromatic ring is 1. The molecular formula is C21H28N2O3. The highest BCUT2D eigenvalue weighted by Crippen LogP contribution is 2.37. The van der Waals surface area contributed by atoms with Crippen LogP contribution in [0.15, 0.2) is 48.5 Å². The van der Waals surface area contributed by atoms with Gasteiger partial charge in [0.25, 0.3) is 0 Å². The molecule has 0 bridgehead atoms. The molecule has 1 amide bonds. The topological polar surface area (TPSA) is 75.8 Å². The molecule has 0 spiro atoms. The summed E-state index contributed by atoms with van der Waals surface area (Å²) in [5.41, 5.74) is 8.29. The fraction of sp³-hybridized carbons (Fsp3) is 0.381. The van der Waals surface area contributed by atoms with Crippen molar-refractivity contribution in [3.63, 3.8) is 0 Å². The lowest BCUT2D eigenvalue weighted by molar-refractivity contribution is 0.128. The smallest absolute Gasteiger partial charge is 0.407 e. The lowest BCUT2D eigenvalue weighted by Crippen LogP contribution is -2.37. The molecule has 0 aliphatic heterocycles. The molecule has 26 heavy (non-hydrogen) atoms. The Balaban J connectivity index is 2.30. The summed E-state index contributed by atoms with van der Waals surface area (Å²) < 4.78 is 5.34. The van der Waals surface area contributed by atoms with Gasteiger partial charge in [-0.25, -0.2) is 4.79 Å². The highest BCUT2D eigenvalue weighted by Gasteiger charge is 2.30. The number of nitrogens with zero attached hydrogens (tertiary/aromatic N) is 1. The van der Waals surface area contributed by atoms with Gasteiger partial charge in [0, 0.05) is 24.7 Å². The molecule has 0 saturated heterocycles. The molecule has 2 aromatic carbocycles. The van der Waals surface area contributed by atoms with Crippen LogP contribution in [0.1, 0.15) is 37.8 Å². The number of carboxylic acid groups (broad SMARTS) is 1. The second-order valence-electron chi connectivity index (χ2n) is 7.60. The van der Waals surface area contributed by atoms with Crippen molar-refractivity contribution in [2.75, 3.05) is 19.4 Å². The Morgan fingerprint density at radius 1 is 1.19 bits per heavy atom. The van der Waals surface area contributed by atoms with E-state index in [-0.39, 0.29) is 11.3 Å². The predicted octanol–water partition coefficient (Wildman–Crippen LogP) is 4.59. The second-order valence-corrected chi connectivity index (χ2v) is 7.60. The zero-order valence-electron chi connectivity index (χ0n) is 15.9. The third-order valence-corrected chi connectivity index (χ3v) is 4.54. The van der Waals surface area contributed by atoms with E-state index in [1.807, 2.05) is 42.5 Å². The molecule has 0 aliphatic rings. The van der Waals surface area contributed by atoms with E-state index in [1.54, 1.807) is 13.2 Å². The van der Waals surface area contributed by atoms with Crippen molar-refractivity contribution in [3.05, 3.63) is 59.7 Å². The highest BCUT2D eigenvalue weighted by atomic mass is 16.5. The maximum Gasteiger partial charge on any atom is 0.407 e. The van der Waals surface area contributed by atoms with E-state index in [2.05, 4.69) is 20.8 Å². The molecule has 1 atom stereocenters. The molecule has 1 unspecified atom stereocenters. The molecular weight excluding hydrogens is 328 g/mol. The van der Waals surface area contributed by atoms with E-state index >= 15 is 0 Å². The van der Waals surface area contributed by atoms with Crippen LogP contribution in [0.2, 0.25) is 0 Å². The number of rotatable bonds is 6. The number of hydrogen-bond acceptors (Lipinski definition) is 3. The summed E-state index contributed by atoms with van der Waals surface area (Å²) in [6.45, 7) is 7.06. The van der Waals surface area contributed by atoms with Crippen LogP contribution in [0, 0.1) is 5.41 Å². The Bertz CT molecular complexity index is 753. The molecule has 0 saturated carbocycles. The van der Waals surface area contributed by atoms with Gasteiger partial charge in [0.15, 0.2) is 0 Å². The average molecular weight is 356 g/mol. The Morgan fingerprint density at radius 3 is 2.46 bits per heavy atom. The maximum atomic E-state index is 11.9. The molecule has 0 heterocycles. The van der Waals surface area contributed by atoms with E-state index in [9.17, 15) is 9.90 Å². The maximum absolute atomic E-state index is 11.9. The van der Waals surface area contributed by atoms with Crippen LogP contribution in [0.5, 0.6) is 5.75 Å². The third kappa shape index (κ3) is 5.15. The van der Waals surface area contributed by atoms with Gasteiger partial charge in [-0.3, -0.25) is 0 Å². The van der Waals surface area contributed by atoms with Crippen LogP contribution in [0.4, 0.5) is 10.5 Å². The SMILES string of the molecule is COc1cccc(C(CN(Cc2cccc(N)c2)C(=O)O)C(C)(C)C)c1. The molecule has 5 nitrogen and oxygen atoms in total. The zero-order valence-corrected chi connectivity index (χ0v) is 15.9. The van der Waals surface area contributed by atoms with Crippen molar-refractivity contribution in [2.45, 2.75) is 33.2 Å². The number of ether oxygens (including phenoxy) is 1. The van der Waals surface area contributed by atoms with Gasteiger partial charge in [-0.2, -0.15) is 0 Å². The number of amides is 1. The van der Waals surface area contributed by atoms with Crippen molar-refractivity contribution in [1.82, 2.24) is 4.90 Å². The minimum absolute atomic E-state index is 0.0229. The van der Waals surface area contributed by atoms with Gasteiger partial charge in [0.1, 0.15) is 5.75 Å². The number of nitrogens with two attached hydrogens (primary N) is 1. The van der Waals surface area contributed by atoms with Gasteiger partial charge < -0.3 is 20.5 Å². The van der Waals surface area contributed by atoms with Crippen molar-refractivity contribution >= 4 is 11.8 Å². The molecule has 0 aliphatic carbocycles. The van der Waals surface area contributed by atoms with E-state index in [1.165, 1.54) is 4.90 Å². The van der Waals surface area contributed by atoms with Crippen LogP contribution in [0.25, 0.3) is 0 Å². The Morgan fingerprint density at radius 2 is 1.88 bits per heavy atom. The summed E-state index contributed by atoms with van der Waals surface area (Å²) in [4.78, 5) is 13.3. The van der Waals surface area contributed by atoms with Gasteiger partial charge >= 0.3 is 6.09 Å². The Hall–Kier alpha value is -2.69. The van der Waals surface area contributed by atoms with E-state index in [0.29, 0.717) is 18.8 Å². The number of anilines is 1. The standard InChI is InChI=1S/C21H28N2O3/c1-21(2,3)19(16-8-6-10-18(12-16)26-4)14-23(20(24)25)13-15-7-5-9-17(22)11-15/h5-12,19H,13-14,22H2,1-4H3,(H,24,25). The lowest BCUT2D eigenvalue weighted by atomic mass is 9.76. The van der Waals surface area contributed by atoms with Crippen LogP contribution < -0.4 is 10.5 Å². The first-order chi connectivity index (χ1) is 12.2. The molecule has 3 N–H and O–H groups in total. The van der Waals surface area contributed by atoms with Crippen LogP contribution in [-0.4, -0.2) is 29.8 Å². The lowest BCUT2D eigenvalue weighted by Gasteiger charge is -2.35. The Labute approximate surface area is 155 Å². The molecule has 5 heteroatoms. The quantitative estimate of drug-likeness (QED) is 0.742. The number of benzene rings is 2. The minimum atomic E-state index is -0.940. The molecule has 2 rings (SSSR count). The number of hydrogen-bond donors (Lipinski definition) is 2. The summed E-state index contributed by atoms with van der Waals surface area (Å²) in [5.74, 6) is 0.796. The second kappa shape index (κ2) is 8.13. The number of carbonyl (C=O) groups is 1. The summed E-state index contributed by atoms with van der Waals surface area (Å²) in [7, 11) is 1.63. The molecule has 0 fully saturated rings. The number of methoxy groups -OCH3 is 1. The van der Waals surface area contributed by atoms with E-state index < -0.39 is 6.09 Å². The third-order valence-electron chi connectivity index (χ3n) is 4.54. The fourth-order valence-corrected chi connectivity index (χ4v) is 3.08. The fourth-order valence-electron chi connectivity index (χ4n) is 3.08. The van der Waals surface area contributed by atoms with Crippen molar-refractivity contribution < 1.29 is 14.6 Å². The summed E-state index contributed by atoms with van der Waals surface area (Å²) >= 11 is 0. The van der Waals surface area contributed by atoms with Gasteiger partial charge in [-0.15, -0.1) is 0 Å². The molecule has 0 aromatic heterocycles. The van der Waals surface area contributed by atoms with Gasteiger partial charge in [0.05, 0.1) is 7.11 Å². The Kier molecular flexibility index (Phi) is 6.14.